The van der Waals surface area contributed by atoms with Crippen molar-refractivity contribution >= 4 is 11.6 Å². The quantitative estimate of drug-likeness (QED) is 0.628. The molecule has 0 spiro atoms. The topological polar surface area (TPSA) is 12.9 Å². The second-order valence-electron chi connectivity index (χ2n) is 2.24. The Hall–Kier alpha value is -0.770. The van der Waals surface area contributed by atoms with Gasteiger partial charge in [-0.3, -0.25) is 0 Å². The van der Waals surface area contributed by atoms with Crippen LogP contribution in [-0.4, -0.2) is 4.98 Å². The van der Waals surface area contributed by atoms with Gasteiger partial charge in [0, 0.05) is 11.8 Å². The number of alkyl halides is 2. The SMILES string of the molecule is Cc1c(C(F)F)cnc(Cl)c1F. The number of aromatic nitrogens is 1. The van der Waals surface area contributed by atoms with E-state index in [2.05, 4.69) is 4.98 Å². The molecule has 0 fully saturated rings. The van der Waals surface area contributed by atoms with E-state index < -0.39 is 17.8 Å². The number of pyridine rings is 1. The predicted octanol–water partition coefficient (Wildman–Crippen LogP) is 3.12. The fourth-order valence-electron chi connectivity index (χ4n) is 0.781. The third-order valence-corrected chi connectivity index (χ3v) is 1.76. The summed E-state index contributed by atoms with van der Waals surface area (Å²) in [7, 11) is 0. The molecule has 0 saturated heterocycles. The molecule has 0 unspecified atom stereocenters. The minimum Gasteiger partial charge on any atom is -0.241 e. The lowest BCUT2D eigenvalue weighted by Crippen LogP contribution is -1.96. The van der Waals surface area contributed by atoms with Crippen LogP contribution >= 0.6 is 11.6 Å². The first-order valence-electron chi connectivity index (χ1n) is 3.12. The van der Waals surface area contributed by atoms with Crippen LogP contribution < -0.4 is 0 Å². The number of nitrogens with zero attached hydrogens (tertiary/aromatic N) is 1. The van der Waals surface area contributed by atoms with Crippen LogP contribution in [0.5, 0.6) is 0 Å². The average molecular weight is 196 g/mol. The number of hydrogen-bond acceptors (Lipinski definition) is 1. The molecule has 0 aliphatic carbocycles. The van der Waals surface area contributed by atoms with E-state index >= 15 is 0 Å². The van der Waals surface area contributed by atoms with Crippen LogP contribution in [0.3, 0.4) is 0 Å². The molecule has 1 aromatic rings. The molecule has 1 nitrogen and oxygen atoms in total. The minimum atomic E-state index is -2.72. The van der Waals surface area contributed by atoms with Crippen molar-refractivity contribution in [2.24, 2.45) is 0 Å². The van der Waals surface area contributed by atoms with E-state index in [4.69, 9.17) is 11.6 Å². The first-order valence-corrected chi connectivity index (χ1v) is 3.50. The predicted molar refractivity (Wildman–Crippen MR) is 38.9 cm³/mol. The fraction of sp³-hybridized carbons (Fsp3) is 0.286. The van der Waals surface area contributed by atoms with Crippen molar-refractivity contribution in [2.45, 2.75) is 13.3 Å². The molecule has 66 valence electrons. The van der Waals surface area contributed by atoms with E-state index in [-0.39, 0.29) is 10.7 Å². The van der Waals surface area contributed by atoms with E-state index in [0.717, 1.165) is 6.20 Å². The van der Waals surface area contributed by atoms with Crippen molar-refractivity contribution in [3.63, 3.8) is 0 Å². The van der Waals surface area contributed by atoms with Crippen molar-refractivity contribution < 1.29 is 13.2 Å². The van der Waals surface area contributed by atoms with Crippen LogP contribution in [0.1, 0.15) is 17.6 Å². The lowest BCUT2D eigenvalue weighted by Gasteiger charge is -2.04. The average Bonchev–Trinajstić information content (AvgIpc) is 2.00. The summed E-state index contributed by atoms with van der Waals surface area (Å²) in [5.74, 6) is -0.880. The monoisotopic (exact) mass is 195 g/mol. The molecule has 1 heterocycles. The van der Waals surface area contributed by atoms with Crippen LogP contribution in [0.2, 0.25) is 5.15 Å². The smallest absolute Gasteiger partial charge is 0.241 e. The van der Waals surface area contributed by atoms with Gasteiger partial charge in [-0.15, -0.1) is 0 Å². The molecule has 0 aromatic carbocycles. The second-order valence-corrected chi connectivity index (χ2v) is 2.60. The standard InChI is InChI=1S/C7H5ClF3N/c1-3-4(7(10)11)2-12-6(8)5(3)9/h2,7H,1H3. The number of rotatable bonds is 1. The zero-order chi connectivity index (χ0) is 9.30. The van der Waals surface area contributed by atoms with Gasteiger partial charge in [0.2, 0.25) is 0 Å². The third kappa shape index (κ3) is 1.53. The molecule has 12 heavy (non-hydrogen) atoms. The number of hydrogen-bond donors (Lipinski definition) is 0. The van der Waals surface area contributed by atoms with Crippen LogP contribution in [0.25, 0.3) is 0 Å². The lowest BCUT2D eigenvalue weighted by atomic mass is 10.1. The van der Waals surface area contributed by atoms with E-state index in [1.807, 2.05) is 0 Å². The van der Waals surface area contributed by atoms with E-state index in [1.165, 1.54) is 6.92 Å². The third-order valence-electron chi connectivity index (χ3n) is 1.50. The van der Waals surface area contributed by atoms with Gasteiger partial charge >= 0.3 is 0 Å². The zero-order valence-electron chi connectivity index (χ0n) is 6.11. The largest absolute Gasteiger partial charge is 0.265 e. The summed E-state index contributed by atoms with van der Waals surface area (Å²) in [5, 5.41) is -0.378. The Balaban J connectivity index is 3.27. The van der Waals surface area contributed by atoms with Crippen LogP contribution in [-0.2, 0) is 0 Å². The van der Waals surface area contributed by atoms with Crippen molar-refractivity contribution in [1.82, 2.24) is 4.98 Å². The Kier molecular flexibility index (Phi) is 2.57. The summed E-state index contributed by atoms with van der Waals surface area (Å²) in [6, 6.07) is 0. The summed E-state index contributed by atoms with van der Waals surface area (Å²) in [5.41, 5.74) is -0.568. The molecule has 0 amide bonds. The maximum Gasteiger partial charge on any atom is 0.265 e. The molecular formula is C7H5ClF3N. The summed E-state index contributed by atoms with van der Waals surface area (Å²) >= 11 is 5.26. The molecular weight excluding hydrogens is 191 g/mol. The number of halogens is 4. The molecule has 1 aromatic heterocycles. The lowest BCUT2D eigenvalue weighted by molar-refractivity contribution is 0.149. The van der Waals surface area contributed by atoms with Gasteiger partial charge in [-0.2, -0.15) is 0 Å². The molecule has 0 bridgehead atoms. The first-order chi connectivity index (χ1) is 5.54. The molecule has 0 N–H and O–H groups in total. The summed E-state index contributed by atoms with van der Waals surface area (Å²) in [6.45, 7) is 1.24. The maximum atomic E-state index is 12.8. The molecule has 1 rings (SSSR count). The second kappa shape index (κ2) is 3.31. The van der Waals surface area contributed by atoms with Gasteiger partial charge in [-0.25, -0.2) is 18.2 Å². The van der Waals surface area contributed by atoms with E-state index in [9.17, 15) is 13.2 Å². The highest BCUT2D eigenvalue weighted by Gasteiger charge is 2.16. The Bertz CT molecular complexity index is 301. The minimum absolute atomic E-state index is 0.148. The fourth-order valence-corrected chi connectivity index (χ4v) is 0.972. The zero-order valence-corrected chi connectivity index (χ0v) is 6.87. The molecule has 0 radical (unpaired) electrons. The Morgan fingerprint density at radius 1 is 1.50 bits per heavy atom. The Labute approximate surface area is 72.2 Å². The highest BCUT2D eigenvalue weighted by atomic mass is 35.5. The van der Waals surface area contributed by atoms with Crippen molar-refractivity contribution in [2.75, 3.05) is 0 Å². The molecule has 5 heteroatoms. The summed E-state index contributed by atoms with van der Waals surface area (Å²) in [6.07, 6.45) is -1.84. The summed E-state index contributed by atoms with van der Waals surface area (Å²) in [4.78, 5) is 3.27. The van der Waals surface area contributed by atoms with Gasteiger partial charge < -0.3 is 0 Å². The van der Waals surface area contributed by atoms with Gasteiger partial charge in [0.15, 0.2) is 11.0 Å². The van der Waals surface area contributed by atoms with Gasteiger partial charge in [-0.1, -0.05) is 11.6 Å². The maximum absolute atomic E-state index is 12.8. The molecule has 0 atom stereocenters. The van der Waals surface area contributed by atoms with E-state index in [1.54, 1.807) is 0 Å². The van der Waals surface area contributed by atoms with Crippen molar-refractivity contribution in [3.8, 4) is 0 Å². The van der Waals surface area contributed by atoms with Crippen molar-refractivity contribution in [1.29, 1.82) is 0 Å². The molecule has 0 saturated carbocycles. The van der Waals surface area contributed by atoms with Crippen LogP contribution in [0.4, 0.5) is 13.2 Å². The van der Waals surface area contributed by atoms with E-state index in [0.29, 0.717) is 0 Å². The van der Waals surface area contributed by atoms with Gasteiger partial charge in [0.05, 0.1) is 0 Å². The van der Waals surface area contributed by atoms with Gasteiger partial charge in [0.1, 0.15) is 0 Å². The van der Waals surface area contributed by atoms with Gasteiger partial charge in [0.25, 0.3) is 6.43 Å². The Morgan fingerprint density at radius 3 is 2.58 bits per heavy atom. The highest BCUT2D eigenvalue weighted by molar-refractivity contribution is 6.29. The van der Waals surface area contributed by atoms with Crippen LogP contribution in [0.15, 0.2) is 6.20 Å². The normalized spacial score (nSPS) is 10.8. The first kappa shape index (κ1) is 9.32. The molecule has 0 aliphatic heterocycles. The Morgan fingerprint density at radius 2 is 2.08 bits per heavy atom. The summed E-state index contributed by atoms with van der Waals surface area (Å²) < 4.78 is 37.0. The molecule has 0 aliphatic rings. The van der Waals surface area contributed by atoms with Crippen molar-refractivity contribution in [3.05, 3.63) is 28.3 Å². The van der Waals surface area contributed by atoms with Gasteiger partial charge in [-0.05, 0) is 12.5 Å². The van der Waals surface area contributed by atoms with Crippen LogP contribution in [0, 0.1) is 12.7 Å². The highest BCUT2D eigenvalue weighted by Crippen LogP contribution is 2.25.